The fourth-order valence-corrected chi connectivity index (χ4v) is 2.13. The Bertz CT molecular complexity index is 686. The number of rotatable bonds is 5. The number of aromatic nitrogens is 2. The first-order chi connectivity index (χ1) is 10.5. The number of hydrogen-bond acceptors (Lipinski definition) is 4. The lowest BCUT2D eigenvalue weighted by atomic mass is 10.1. The molecular formula is C16H17N3O3. The van der Waals surface area contributed by atoms with Gasteiger partial charge in [-0.2, -0.15) is 10.2 Å². The molecule has 0 bridgehead atoms. The summed E-state index contributed by atoms with van der Waals surface area (Å²) in [6.07, 6.45) is 0.546. The Labute approximate surface area is 128 Å². The molecule has 0 aliphatic heterocycles. The largest absolute Gasteiger partial charge is 0.480 e. The number of nitrogens with zero attached hydrogens (tertiary/aromatic N) is 3. The van der Waals surface area contributed by atoms with E-state index in [9.17, 15) is 9.59 Å². The summed E-state index contributed by atoms with van der Waals surface area (Å²) in [5.41, 5.74) is 2.09. The summed E-state index contributed by atoms with van der Waals surface area (Å²) >= 11 is 0. The molecule has 0 unspecified atom stereocenters. The highest BCUT2D eigenvalue weighted by molar-refractivity contribution is 6.08. The van der Waals surface area contributed by atoms with Crippen molar-refractivity contribution in [1.29, 1.82) is 0 Å². The van der Waals surface area contributed by atoms with Gasteiger partial charge >= 0.3 is 5.97 Å². The van der Waals surface area contributed by atoms with Crippen molar-refractivity contribution in [3.05, 3.63) is 53.3 Å². The monoisotopic (exact) mass is 299 g/mol. The molecule has 0 aliphatic rings. The van der Waals surface area contributed by atoms with E-state index >= 15 is 0 Å². The van der Waals surface area contributed by atoms with E-state index in [0.29, 0.717) is 29.1 Å². The summed E-state index contributed by atoms with van der Waals surface area (Å²) < 4.78 is 0. The summed E-state index contributed by atoms with van der Waals surface area (Å²) in [6.45, 7) is 3.21. The molecule has 0 spiro atoms. The highest BCUT2D eigenvalue weighted by Gasteiger charge is 2.23. The van der Waals surface area contributed by atoms with Crippen LogP contribution in [0.2, 0.25) is 0 Å². The smallest absolute Gasteiger partial charge is 0.323 e. The minimum Gasteiger partial charge on any atom is -0.480 e. The molecule has 0 radical (unpaired) electrons. The van der Waals surface area contributed by atoms with Gasteiger partial charge in [0.1, 0.15) is 6.54 Å². The number of aliphatic carboxylic acids is 1. The summed E-state index contributed by atoms with van der Waals surface area (Å²) in [5.74, 6) is -1.46. The van der Waals surface area contributed by atoms with Crippen molar-refractivity contribution >= 4 is 17.6 Å². The second-order valence-electron chi connectivity index (χ2n) is 4.82. The van der Waals surface area contributed by atoms with Gasteiger partial charge in [0.05, 0.1) is 17.0 Å². The third kappa shape index (κ3) is 3.46. The van der Waals surface area contributed by atoms with Crippen LogP contribution < -0.4 is 4.90 Å². The maximum absolute atomic E-state index is 12.8. The third-order valence-corrected chi connectivity index (χ3v) is 3.16. The number of carbonyl (C=O) groups excluding carboxylic acids is 1. The average Bonchev–Trinajstić information content (AvgIpc) is 2.52. The minimum atomic E-state index is -1.08. The van der Waals surface area contributed by atoms with E-state index in [4.69, 9.17) is 5.11 Å². The van der Waals surface area contributed by atoms with Crippen LogP contribution in [0.15, 0.2) is 36.4 Å². The van der Waals surface area contributed by atoms with Crippen LogP contribution in [0.3, 0.4) is 0 Å². The Morgan fingerprint density at radius 1 is 1.18 bits per heavy atom. The van der Waals surface area contributed by atoms with Crippen LogP contribution in [0.5, 0.6) is 0 Å². The molecule has 0 atom stereocenters. The molecule has 0 saturated carbocycles. The van der Waals surface area contributed by atoms with Gasteiger partial charge in [0, 0.05) is 5.69 Å². The first-order valence-electron chi connectivity index (χ1n) is 6.94. The first kappa shape index (κ1) is 15.6. The van der Waals surface area contributed by atoms with Crippen LogP contribution in [0.4, 0.5) is 5.69 Å². The lowest BCUT2D eigenvalue weighted by Crippen LogP contribution is -2.36. The van der Waals surface area contributed by atoms with E-state index < -0.39 is 12.5 Å². The number of carboxylic acids is 1. The van der Waals surface area contributed by atoms with E-state index in [2.05, 4.69) is 10.2 Å². The predicted molar refractivity (Wildman–Crippen MR) is 81.9 cm³/mol. The molecule has 6 nitrogen and oxygen atoms in total. The fourth-order valence-electron chi connectivity index (χ4n) is 2.13. The zero-order chi connectivity index (χ0) is 16.1. The molecule has 2 aromatic rings. The van der Waals surface area contributed by atoms with Gasteiger partial charge in [0.2, 0.25) is 0 Å². The molecular weight excluding hydrogens is 282 g/mol. The van der Waals surface area contributed by atoms with Crippen LogP contribution in [0.25, 0.3) is 0 Å². The summed E-state index contributed by atoms with van der Waals surface area (Å²) in [4.78, 5) is 25.2. The topological polar surface area (TPSA) is 83.4 Å². The molecule has 114 valence electrons. The van der Waals surface area contributed by atoms with Crippen molar-refractivity contribution < 1.29 is 14.7 Å². The van der Waals surface area contributed by atoms with Crippen LogP contribution in [-0.4, -0.2) is 33.7 Å². The molecule has 0 aliphatic carbocycles. The number of amides is 1. The Kier molecular flexibility index (Phi) is 4.83. The summed E-state index contributed by atoms with van der Waals surface area (Å²) in [7, 11) is 0. The number of benzene rings is 1. The Balaban J connectivity index is 2.46. The van der Waals surface area contributed by atoms with Gasteiger partial charge < -0.3 is 5.11 Å². The van der Waals surface area contributed by atoms with Crippen molar-refractivity contribution in [1.82, 2.24) is 10.2 Å². The number of anilines is 1. The lowest BCUT2D eigenvalue weighted by Gasteiger charge is -2.21. The van der Waals surface area contributed by atoms with Gasteiger partial charge in [-0.25, -0.2) is 0 Å². The van der Waals surface area contributed by atoms with Gasteiger partial charge in [-0.3, -0.25) is 14.5 Å². The normalized spacial score (nSPS) is 10.3. The molecule has 1 aromatic heterocycles. The SMILES string of the molecule is CCc1nnc(C)cc1C(=O)N(CC(=O)O)c1ccccc1. The highest BCUT2D eigenvalue weighted by Crippen LogP contribution is 2.18. The zero-order valence-electron chi connectivity index (χ0n) is 12.5. The van der Waals surface area contributed by atoms with E-state index in [-0.39, 0.29) is 5.91 Å². The third-order valence-electron chi connectivity index (χ3n) is 3.16. The van der Waals surface area contributed by atoms with Crippen molar-refractivity contribution in [2.45, 2.75) is 20.3 Å². The Morgan fingerprint density at radius 3 is 2.45 bits per heavy atom. The lowest BCUT2D eigenvalue weighted by molar-refractivity contribution is -0.135. The maximum atomic E-state index is 12.8. The van der Waals surface area contributed by atoms with Crippen LogP contribution in [0.1, 0.15) is 28.7 Å². The van der Waals surface area contributed by atoms with E-state index in [1.165, 1.54) is 4.90 Å². The second kappa shape index (κ2) is 6.80. The molecule has 2 rings (SSSR count). The van der Waals surface area contributed by atoms with E-state index in [1.54, 1.807) is 37.3 Å². The number of aryl methyl sites for hydroxylation is 2. The maximum Gasteiger partial charge on any atom is 0.323 e. The molecule has 6 heteroatoms. The van der Waals surface area contributed by atoms with Crippen molar-refractivity contribution in [3.63, 3.8) is 0 Å². The number of carbonyl (C=O) groups is 2. The molecule has 0 fully saturated rings. The quantitative estimate of drug-likeness (QED) is 0.914. The average molecular weight is 299 g/mol. The van der Waals surface area contributed by atoms with Crippen molar-refractivity contribution in [3.8, 4) is 0 Å². The molecule has 1 aromatic carbocycles. The van der Waals surface area contributed by atoms with Crippen molar-refractivity contribution in [2.24, 2.45) is 0 Å². The number of para-hydroxylation sites is 1. The predicted octanol–water partition coefficient (Wildman–Crippen LogP) is 2.08. The fraction of sp³-hybridized carbons (Fsp3) is 0.250. The van der Waals surface area contributed by atoms with Gasteiger partial charge in [0.15, 0.2) is 0 Å². The Hall–Kier alpha value is -2.76. The standard InChI is InChI=1S/C16H17N3O3/c1-3-14-13(9-11(2)17-18-14)16(22)19(10-15(20)21)12-7-5-4-6-8-12/h4-9H,3,10H2,1-2H3,(H,20,21). The van der Waals surface area contributed by atoms with Gasteiger partial charge in [0.25, 0.3) is 5.91 Å². The molecule has 22 heavy (non-hydrogen) atoms. The van der Waals surface area contributed by atoms with Gasteiger partial charge in [-0.05, 0) is 31.5 Å². The molecule has 0 saturated heterocycles. The molecule has 1 heterocycles. The van der Waals surface area contributed by atoms with Crippen molar-refractivity contribution in [2.75, 3.05) is 11.4 Å². The first-order valence-corrected chi connectivity index (χ1v) is 6.94. The van der Waals surface area contributed by atoms with Gasteiger partial charge in [-0.15, -0.1) is 0 Å². The molecule has 1 N–H and O–H groups in total. The van der Waals surface area contributed by atoms with E-state index in [0.717, 1.165) is 0 Å². The second-order valence-corrected chi connectivity index (χ2v) is 4.82. The van der Waals surface area contributed by atoms with Gasteiger partial charge in [-0.1, -0.05) is 25.1 Å². The Morgan fingerprint density at radius 2 is 1.86 bits per heavy atom. The minimum absolute atomic E-state index is 0.386. The molecule has 1 amide bonds. The highest BCUT2D eigenvalue weighted by atomic mass is 16.4. The zero-order valence-corrected chi connectivity index (χ0v) is 12.5. The van der Waals surface area contributed by atoms with Crippen LogP contribution >= 0.6 is 0 Å². The van der Waals surface area contributed by atoms with E-state index in [1.807, 2.05) is 13.0 Å². The number of hydrogen-bond donors (Lipinski definition) is 1. The number of carboxylic acid groups (broad SMARTS) is 1. The summed E-state index contributed by atoms with van der Waals surface area (Å²) in [5, 5.41) is 17.1. The van der Waals surface area contributed by atoms with Crippen LogP contribution in [0, 0.1) is 6.92 Å². The summed E-state index contributed by atoms with van der Waals surface area (Å²) in [6, 6.07) is 10.4. The van der Waals surface area contributed by atoms with Crippen LogP contribution in [-0.2, 0) is 11.2 Å².